The van der Waals surface area contributed by atoms with Gasteiger partial charge in [0.2, 0.25) is 5.16 Å². The van der Waals surface area contributed by atoms with E-state index in [9.17, 15) is 0 Å². The molecule has 0 aromatic carbocycles. The average Bonchev–Trinajstić information content (AvgIpc) is 3.00. The third kappa shape index (κ3) is 3.82. The van der Waals surface area contributed by atoms with Gasteiger partial charge in [0.15, 0.2) is 6.29 Å². The lowest BCUT2D eigenvalue weighted by molar-refractivity contribution is -0.113. The molecule has 0 spiro atoms. The van der Waals surface area contributed by atoms with Crippen molar-refractivity contribution in [1.82, 2.24) is 30.0 Å². The number of tetrazole rings is 1. The van der Waals surface area contributed by atoms with Crippen LogP contribution in [0.3, 0.4) is 0 Å². The number of thioether (sulfide) groups is 1. The van der Waals surface area contributed by atoms with E-state index in [0.29, 0.717) is 17.5 Å². The quantitative estimate of drug-likeness (QED) is 0.533. The molecule has 0 atom stereocenters. The normalized spacial score (nSPS) is 11.5. The molecule has 0 amide bonds. The monoisotopic (exact) mass is 376 g/mol. The fourth-order valence-electron chi connectivity index (χ4n) is 1.77. The van der Waals surface area contributed by atoms with Crippen LogP contribution >= 0.6 is 27.7 Å². The molecule has 10 heteroatoms. The maximum absolute atomic E-state index is 5.16. The van der Waals surface area contributed by atoms with Crippen LogP contribution in [0.1, 0.15) is 11.4 Å². The van der Waals surface area contributed by atoms with Crippen LogP contribution in [0.5, 0.6) is 0 Å². The summed E-state index contributed by atoms with van der Waals surface area (Å²) < 4.78 is 14.9. The van der Waals surface area contributed by atoms with E-state index < -0.39 is 0 Å². The number of aryl methyl sites for hydroxylation is 2. The molecule has 0 saturated carbocycles. The van der Waals surface area contributed by atoms with Crippen LogP contribution in [0, 0.1) is 6.92 Å². The predicted molar refractivity (Wildman–Crippen MR) is 80.8 cm³/mol. The SMILES string of the molecule is COC(Cn1nnnc1SCc1c(Br)c(C)nn1C)OC. The van der Waals surface area contributed by atoms with Gasteiger partial charge >= 0.3 is 0 Å². The van der Waals surface area contributed by atoms with Crippen LogP contribution in [-0.4, -0.2) is 50.5 Å². The zero-order chi connectivity index (χ0) is 15.4. The second-order valence-electron chi connectivity index (χ2n) is 4.30. The maximum atomic E-state index is 5.16. The van der Waals surface area contributed by atoms with Crippen LogP contribution in [0.25, 0.3) is 0 Å². The minimum absolute atomic E-state index is 0.376. The molecule has 0 fully saturated rings. The summed E-state index contributed by atoms with van der Waals surface area (Å²) in [7, 11) is 5.09. The molecule has 2 aromatic heterocycles. The summed E-state index contributed by atoms with van der Waals surface area (Å²) in [5.41, 5.74) is 2.05. The van der Waals surface area contributed by atoms with Crippen LogP contribution in [0.15, 0.2) is 9.63 Å². The van der Waals surface area contributed by atoms with Crippen molar-refractivity contribution in [3.8, 4) is 0 Å². The highest BCUT2D eigenvalue weighted by Crippen LogP contribution is 2.27. The number of rotatable bonds is 7. The third-order valence-corrected chi connectivity index (χ3v) is 4.95. The van der Waals surface area contributed by atoms with E-state index in [2.05, 4.69) is 36.6 Å². The fraction of sp³-hybridized carbons (Fsp3) is 0.636. The van der Waals surface area contributed by atoms with Gasteiger partial charge in [-0.15, -0.1) is 5.10 Å². The van der Waals surface area contributed by atoms with Gasteiger partial charge in [-0.2, -0.15) is 5.10 Å². The van der Waals surface area contributed by atoms with E-state index in [4.69, 9.17) is 9.47 Å². The Labute approximate surface area is 135 Å². The minimum atomic E-state index is -0.376. The summed E-state index contributed by atoms with van der Waals surface area (Å²) in [5.74, 6) is 0.711. The van der Waals surface area contributed by atoms with E-state index in [1.807, 2.05) is 18.7 Å². The molecule has 0 bridgehead atoms. The van der Waals surface area contributed by atoms with Crippen molar-refractivity contribution in [2.24, 2.45) is 7.05 Å². The highest BCUT2D eigenvalue weighted by atomic mass is 79.9. The van der Waals surface area contributed by atoms with Gasteiger partial charge in [-0.05, 0) is 33.3 Å². The van der Waals surface area contributed by atoms with E-state index in [-0.39, 0.29) is 6.29 Å². The van der Waals surface area contributed by atoms with Crippen molar-refractivity contribution in [1.29, 1.82) is 0 Å². The first kappa shape index (κ1) is 16.4. The van der Waals surface area contributed by atoms with Crippen molar-refractivity contribution >= 4 is 27.7 Å². The van der Waals surface area contributed by atoms with Crippen molar-refractivity contribution in [3.05, 3.63) is 15.9 Å². The Balaban J connectivity index is 2.05. The Morgan fingerprint density at radius 3 is 2.62 bits per heavy atom. The van der Waals surface area contributed by atoms with Gasteiger partial charge in [0, 0.05) is 27.0 Å². The standard InChI is InChI=1S/C11H17BrN6O2S/c1-7-10(12)8(17(2)14-7)6-21-11-13-15-16-18(11)5-9(19-3)20-4/h9H,5-6H2,1-4H3. The lowest BCUT2D eigenvalue weighted by Gasteiger charge is -2.13. The van der Waals surface area contributed by atoms with Crippen LogP contribution in [-0.2, 0) is 28.8 Å². The first-order valence-corrected chi connectivity index (χ1v) is 7.97. The second-order valence-corrected chi connectivity index (χ2v) is 6.04. The first-order chi connectivity index (χ1) is 10.1. The summed E-state index contributed by atoms with van der Waals surface area (Å²) in [5, 5.41) is 16.8. The van der Waals surface area contributed by atoms with Crippen molar-refractivity contribution in [3.63, 3.8) is 0 Å². The summed E-state index contributed by atoms with van der Waals surface area (Å²) in [6, 6.07) is 0. The molecule has 0 aliphatic rings. The molecule has 21 heavy (non-hydrogen) atoms. The Kier molecular flexibility index (Phi) is 5.73. The fourth-order valence-corrected chi connectivity index (χ4v) is 3.38. The molecular formula is C11H17BrN6O2S. The predicted octanol–water partition coefficient (Wildman–Crippen LogP) is 1.39. The maximum Gasteiger partial charge on any atom is 0.209 e. The van der Waals surface area contributed by atoms with Crippen LogP contribution in [0.2, 0.25) is 0 Å². The number of methoxy groups -OCH3 is 2. The van der Waals surface area contributed by atoms with Gasteiger partial charge < -0.3 is 9.47 Å². The number of hydrogen-bond acceptors (Lipinski definition) is 7. The molecule has 116 valence electrons. The smallest absolute Gasteiger partial charge is 0.209 e. The van der Waals surface area contributed by atoms with Crippen LogP contribution in [0.4, 0.5) is 0 Å². The number of hydrogen-bond donors (Lipinski definition) is 0. The molecule has 0 saturated heterocycles. The summed E-state index contributed by atoms with van der Waals surface area (Å²) in [6.45, 7) is 2.40. The Morgan fingerprint density at radius 2 is 2.05 bits per heavy atom. The number of aromatic nitrogens is 6. The summed E-state index contributed by atoms with van der Waals surface area (Å²) in [4.78, 5) is 0. The van der Waals surface area contributed by atoms with E-state index in [1.165, 1.54) is 11.8 Å². The molecule has 0 radical (unpaired) electrons. The minimum Gasteiger partial charge on any atom is -0.354 e. The third-order valence-electron chi connectivity index (χ3n) is 2.95. The van der Waals surface area contributed by atoms with E-state index >= 15 is 0 Å². The molecule has 2 heterocycles. The summed E-state index contributed by atoms with van der Waals surface area (Å²) in [6.07, 6.45) is -0.376. The van der Waals surface area contributed by atoms with E-state index in [0.717, 1.165) is 15.9 Å². The molecule has 8 nitrogen and oxygen atoms in total. The number of halogens is 1. The molecular weight excluding hydrogens is 360 g/mol. The number of nitrogens with zero attached hydrogens (tertiary/aromatic N) is 6. The van der Waals surface area contributed by atoms with Crippen molar-refractivity contribution < 1.29 is 9.47 Å². The molecule has 0 N–H and O–H groups in total. The highest BCUT2D eigenvalue weighted by molar-refractivity contribution is 9.10. The van der Waals surface area contributed by atoms with Gasteiger partial charge in [-0.1, -0.05) is 11.8 Å². The largest absolute Gasteiger partial charge is 0.354 e. The van der Waals surface area contributed by atoms with Gasteiger partial charge in [-0.3, -0.25) is 4.68 Å². The Hall–Kier alpha value is -0.970. The Morgan fingerprint density at radius 1 is 1.33 bits per heavy atom. The highest BCUT2D eigenvalue weighted by Gasteiger charge is 2.16. The van der Waals surface area contributed by atoms with Crippen molar-refractivity contribution in [2.45, 2.75) is 30.7 Å². The zero-order valence-corrected chi connectivity index (χ0v) is 14.7. The average molecular weight is 377 g/mol. The van der Waals surface area contributed by atoms with Crippen molar-refractivity contribution in [2.75, 3.05) is 14.2 Å². The Bertz CT molecular complexity index is 598. The first-order valence-electron chi connectivity index (χ1n) is 6.19. The van der Waals surface area contributed by atoms with Gasteiger partial charge in [0.1, 0.15) is 0 Å². The molecule has 2 aromatic rings. The lowest BCUT2D eigenvalue weighted by atomic mass is 10.4. The zero-order valence-electron chi connectivity index (χ0n) is 12.3. The van der Waals surface area contributed by atoms with Gasteiger partial charge in [-0.25, -0.2) is 4.68 Å². The van der Waals surface area contributed by atoms with Crippen LogP contribution < -0.4 is 0 Å². The topological polar surface area (TPSA) is 79.9 Å². The number of ether oxygens (including phenoxy) is 2. The van der Waals surface area contributed by atoms with Gasteiger partial charge in [0.05, 0.1) is 22.4 Å². The molecule has 0 unspecified atom stereocenters. The molecule has 2 rings (SSSR count). The molecule has 0 aliphatic heterocycles. The lowest BCUT2D eigenvalue weighted by Crippen LogP contribution is -2.21. The van der Waals surface area contributed by atoms with E-state index in [1.54, 1.807) is 18.9 Å². The molecule has 0 aliphatic carbocycles. The second kappa shape index (κ2) is 7.34. The summed E-state index contributed by atoms with van der Waals surface area (Å²) >= 11 is 5.09. The van der Waals surface area contributed by atoms with Gasteiger partial charge in [0.25, 0.3) is 0 Å².